The van der Waals surface area contributed by atoms with Crippen LogP contribution in [0.2, 0.25) is 0 Å². The lowest BCUT2D eigenvalue weighted by molar-refractivity contribution is 0.0726. The van der Waals surface area contributed by atoms with E-state index < -0.39 is 11.4 Å². The highest BCUT2D eigenvalue weighted by Crippen LogP contribution is 2.44. The highest BCUT2D eigenvalue weighted by molar-refractivity contribution is 5.91. The van der Waals surface area contributed by atoms with E-state index in [2.05, 4.69) is 0 Å². The minimum atomic E-state index is -0.491. The molecule has 0 bridgehead atoms. The summed E-state index contributed by atoms with van der Waals surface area (Å²) in [5, 5.41) is 10.2. The smallest absolute Gasteiger partial charge is 0.343 e. The first-order valence-corrected chi connectivity index (χ1v) is 7.02. The number of hydrogen-bond donors (Lipinski definition) is 1. The van der Waals surface area contributed by atoms with Crippen LogP contribution in [0.3, 0.4) is 0 Å². The van der Waals surface area contributed by atoms with E-state index >= 15 is 0 Å². The molecule has 0 radical (unpaired) electrons. The van der Waals surface area contributed by atoms with Crippen molar-refractivity contribution in [2.24, 2.45) is 0 Å². The van der Waals surface area contributed by atoms with Crippen molar-refractivity contribution in [2.75, 3.05) is 7.11 Å². The summed E-state index contributed by atoms with van der Waals surface area (Å²) in [5.41, 5.74) is 0.564. The zero-order chi connectivity index (χ0) is 16.3. The van der Waals surface area contributed by atoms with E-state index in [1.54, 1.807) is 36.4 Å². The zero-order valence-corrected chi connectivity index (χ0v) is 13.2. The van der Waals surface area contributed by atoms with Crippen LogP contribution in [0.1, 0.15) is 36.7 Å². The van der Waals surface area contributed by atoms with Gasteiger partial charge in [-0.3, -0.25) is 0 Å². The molecule has 0 aliphatic carbocycles. The first-order valence-electron chi connectivity index (χ1n) is 7.02. The average Bonchev–Trinajstić information content (AvgIpc) is 2.47. The molecule has 2 aromatic rings. The Balaban J connectivity index is 2.49. The molecule has 2 aromatic carbocycles. The number of rotatable bonds is 3. The number of benzene rings is 2. The molecule has 1 N–H and O–H groups in total. The Morgan fingerprint density at radius 3 is 2.23 bits per heavy atom. The molecule has 0 heterocycles. The number of phenolic OH excluding ortho intramolecular Hbond substituents is 1. The molecule has 22 heavy (non-hydrogen) atoms. The summed E-state index contributed by atoms with van der Waals surface area (Å²) >= 11 is 0. The fraction of sp³-hybridized carbons (Fsp3) is 0.278. The van der Waals surface area contributed by atoms with E-state index in [0.29, 0.717) is 16.9 Å². The summed E-state index contributed by atoms with van der Waals surface area (Å²) in [6.07, 6.45) is 0. The number of hydrogen-bond acceptors (Lipinski definition) is 4. The molecule has 2 rings (SSSR count). The third-order valence-electron chi connectivity index (χ3n) is 3.27. The number of aromatic hydroxyl groups is 1. The first kappa shape index (κ1) is 15.9. The second-order valence-electron chi connectivity index (χ2n) is 6.00. The van der Waals surface area contributed by atoms with Gasteiger partial charge in [0.15, 0.2) is 11.5 Å². The molecule has 0 spiro atoms. The molecule has 0 unspecified atom stereocenters. The SMILES string of the molecule is COc1ccc(O)c(C(C)(C)C)c1OC(=O)c1ccccc1. The summed E-state index contributed by atoms with van der Waals surface area (Å²) < 4.78 is 10.8. The fourth-order valence-corrected chi connectivity index (χ4v) is 2.27. The van der Waals surface area contributed by atoms with Gasteiger partial charge in [-0.25, -0.2) is 4.79 Å². The number of ether oxygens (including phenoxy) is 2. The van der Waals surface area contributed by atoms with Gasteiger partial charge in [0.05, 0.1) is 12.7 Å². The predicted octanol–water partition coefficient (Wildman–Crippen LogP) is 3.92. The Hall–Kier alpha value is -2.49. The van der Waals surface area contributed by atoms with E-state index in [-0.39, 0.29) is 11.5 Å². The van der Waals surface area contributed by atoms with Gasteiger partial charge in [0.25, 0.3) is 0 Å². The molecule has 0 aliphatic heterocycles. The fourth-order valence-electron chi connectivity index (χ4n) is 2.27. The van der Waals surface area contributed by atoms with Crippen molar-refractivity contribution in [1.82, 2.24) is 0 Å². The number of methoxy groups -OCH3 is 1. The van der Waals surface area contributed by atoms with E-state index in [4.69, 9.17) is 9.47 Å². The topological polar surface area (TPSA) is 55.8 Å². The molecule has 0 aliphatic rings. The lowest BCUT2D eigenvalue weighted by Crippen LogP contribution is -2.17. The van der Waals surface area contributed by atoms with Gasteiger partial charge in [0, 0.05) is 5.56 Å². The molecule has 0 aromatic heterocycles. The minimum absolute atomic E-state index is 0.0733. The van der Waals surface area contributed by atoms with Crippen LogP contribution in [0, 0.1) is 0 Å². The zero-order valence-electron chi connectivity index (χ0n) is 13.2. The van der Waals surface area contributed by atoms with Crippen molar-refractivity contribution in [2.45, 2.75) is 26.2 Å². The van der Waals surface area contributed by atoms with Crippen LogP contribution in [0.4, 0.5) is 0 Å². The van der Waals surface area contributed by atoms with Crippen molar-refractivity contribution in [3.8, 4) is 17.2 Å². The van der Waals surface area contributed by atoms with Gasteiger partial charge in [0.2, 0.25) is 0 Å². The average molecular weight is 300 g/mol. The van der Waals surface area contributed by atoms with Crippen molar-refractivity contribution >= 4 is 5.97 Å². The third-order valence-corrected chi connectivity index (χ3v) is 3.27. The van der Waals surface area contributed by atoms with Crippen LogP contribution < -0.4 is 9.47 Å². The largest absolute Gasteiger partial charge is 0.508 e. The quantitative estimate of drug-likeness (QED) is 0.689. The molecule has 0 saturated heterocycles. The normalized spacial score (nSPS) is 11.1. The van der Waals surface area contributed by atoms with Crippen LogP contribution in [0.15, 0.2) is 42.5 Å². The van der Waals surface area contributed by atoms with E-state index in [0.717, 1.165) is 0 Å². The van der Waals surface area contributed by atoms with Crippen molar-refractivity contribution in [3.05, 3.63) is 53.6 Å². The molecule has 116 valence electrons. The van der Waals surface area contributed by atoms with Crippen molar-refractivity contribution in [1.29, 1.82) is 0 Å². The molecule has 0 atom stereocenters. The van der Waals surface area contributed by atoms with E-state index in [1.165, 1.54) is 7.11 Å². The standard InChI is InChI=1S/C18H20O4/c1-18(2,3)15-13(19)10-11-14(21-4)16(15)22-17(20)12-8-6-5-7-9-12/h5-11,19H,1-4H3. The lowest BCUT2D eigenvalue weighted by atomic mass is 9.85. The van der Waals surface area contributed by atoms with Crippen LogP contribution in [0.5, 0.6) is 17.2 Å². The molecule has 0 fully saturated rings. The molecular formula is C18H20O4. The molecule has 4 heteroatoms. The lowest BCUT2D eigenvalue weighted by Gasteiger charge is -2.24. The highest BCUT2D eigenvalue weighted by Gasteiger charge is 2.28. The van der Waals surface area contributed by atoms with Gasteiger partial charge in [-0.1, -0.05) is 39.0 Å². The van der Waals surface area contributed by atoms with Crippen molar-refractivity contribution in [3.63, 3.8) is 0 Å². The second kappa shape index (κ2) is 6.10. The molecule has 0 saturated carbocycles. The first-order chi connectivity index (χ1) is 10.3. The summed E-state index contributed by atoms with van der Waals surface area (Å²) in [4.78, 5) is 12.3. The van der Waals surface area contributed by atoms with Crippen LogP contribution >= 0.6 is 0 Å². The van der Waals surface area contributed by atoms with Crippen LogP contribution in [-0.4, -0.2) is 18.2 Å². The Morgan fingerprint density at radius 1 is 1.05 bits per heavy atom. The Kier molecular flexibility index (Phi) is 4.40. The molecule has 0 amide bonds. The second-order valence-corrected chi connectivity index (χ2v) is 6.00. The Morgan fingerprint density at radius 2 is 1.68 bits per heavy atom. The third kappa shape index (κ3) is 3.22. The van der Waals surface area contributed by atoms with E-state index in [9.17, 15) is 9.90 Å². The van der Waals surface area contributed by atoms with Crippen LogP contribution in [-0.2, 0) is 5.41 Å². The minimum Gasteiger partial charge on any atom is -0.508 e. The monoisotopic (exact) mass is 300 g/mol. The number of carbonyl (C=O) groups excluding carboxylic acids is 1. The maximum atomic E-state index is 12.3. The number of carbonyl (C=O) groups is 1. The van der Waals surface area contributed by atoms with Crippen LogP contribution in [0.25, 0.3) is 0 Å². The summed E-state index contributed by atoms with van der Waals surface area (Å²) in [5.74, 6) is 0.245. The summed E-state index contributed by atoms with van der Waals surface area (Å²) in [6, 6.07) is 11.8. The van der Waals surface area contributed by atoms with Gasteiger partial charge in [-0.2, -0.15) is 0 Å². The van der Waals surface area contributed by atoms with Gasteiger partial charge in [0.1, 0.15) is 5.75 Å². The van der Waals surface area contributed by atoms with Gasteiger partial charge in [-0.15, -0.1) is 0 Å². The number of esters is 1. The van der Waals surface area contributed by atoms with Gasteiger partial charge < -0.3 is 14.6 Å². The summed E-state index contributed by atoms with van der Waals surface area (Å²) in [6.45, 7) is 5.80. The molecule has 4 nitrogen and oxygen atoms in total. The van der Waals surface area contributed by atoms with E-state index in [1.807, 2.05) is 26.8 Å². The maximum absolute atomic E-state index is 12.3. The summed E-state index contributed by atoms with van der Waals surface area (Å²) in [7, 11) is 1.50. The molecular weight excluding hydrogens is 280 g/mol. The van der Waals surface area contributed by atoms with Crippen molar-refractivity contribution < 1.29 is 19.4 Å². The van der Waals surface area contributed by atoms with Gasteiger partial charge >= 0.3 is 5.97 Å². The number of phenols is 1. The van der Waals surface area contributed by atoms with Gasteiger partial charge in [-0.05, 0) is 29.7 Å². The Labute approximate surface area is 130 Å². The predicted molar refractivity (Wildman–Crippen MR) is 84.8 cm³/mol. The maximum Gasteiger partial charge on any atom is 0.343 e. The Bertz CT molecular complexity index is 669. The highest BCUT2D eigenvalue weighted by atomic mass is 16.6.